The number of fused-ring (bicyclic) bond motifs is 1. The topological polar surface area (TPSA) is 106 Å². The van der Waals surface area contributed by atoms with E-state index in [2.05, 4.69) is 16.0 Å². The maximum Gasteiger partial charge on any atom is 0.251 e. The summed E-state index contributed by atoms with van der Waals surface area (Å²) in [6.07, 6.45) is 0. The molecule has 0 radical (unpaired) electrons. The molecule has 2 aromatic rings. The van der Waals surface area contributed by atoms with E-state index in [1.54, 1.807) is 42.5 Å². The summed E-state index contributed by atoms with van der Waals surface area (Å²) in [6.45, 7) is 2.18. The normalized spacial score (nSPS) is 12.0. The molecule has 140 valence electrons. The molecule has 1 aliphatic heterocycles. The zero-order valence-electron chi connectivity index (χ0n) is 14.7. The van der Waals surface area contributed by atoms with Crippen molar-refractivity contribution in [1.29, 1.82) is 0 Å². The van der Waals surface area contributed by atoms with Gasteiger partial charge in [-0.3, -0.25) is 14.4 Å². The fourth-order valence-electron chi connectivity index (χ4n) is 2.50. The predicted molar refractivity (Wildman–Crippen MR) is 99.1 cm³/mol. The molecule has 1 heterocycles. The van der Waals surface area contributed by atoms with E-state index in [0.29, 0.717) is 41.7 Å². The van der Waals surface area contributed by atoms with Gasteiger partial charge in [-0.1, -0.05) is 0 Å². The van der Waals surface area contributed by atoms with Crippen molar-refractivity contribution in [3.8, 4) is 11.5 Å². The number of nitrogens with one attached hydrogen (secondary N) is 3. The number of amides is 3. The van der Waals surface area contributed by atoms with Crippen molar-refractivity contribution in [2.45, 2.75) is 6.92 Å². The van der Waals surface area contributed by atoms with Gasteiger partial charge < -0.3 is 25.4 Å². The Morgan fingerprint density at radius 1 is 0.889 bits per heavy atom. The summed E-state index contributed by atoms with van der Waals surface area (Å²) in [6, 6.07) is 11.5. The number of hydrogen-bond donors (Lipinski definition) is 3. The molecular formula is C19H19N3O5. The highest BCUT2D eigenvalue weighted by Gasteiger charge is 2.13. The molecule has 0 bridgehead atoms. The molecule has 8 heteroatoms. The minimum absolute atomic E-state index is 0.180. The van der Waals surface area contributed by atoms with Crippen LogP contribution in [0.5, 0.6) is 11.5 Å². The van der Waals surface area contributed by atoms with Crippen molar-refractivity contribution in [3.05, 3.63) is 48.0 Å². The minimum atomic E-state index is -0.387. The van der Waals surface area contributed by atoms with Crippen LogP contribution in [0.25, 0.3) is 0 Å². The van der Waals surface area contributed by atoms with Crippen LogP contribution in [0.4, 0.5) is 11.4 Å². The Hall–Kier alpha value is -3.55. The molecule has 3 amide bonds. The fraction of sp³-hybridized carbons (Fsp3) is 0.211. The molecule has 27 heavy (non-hydrogen) atoms. The maximum atomic E-state index is 12.1. The Balaban J connectivity index is 1.51. The molecule has 2 aromatic carbocycles. The molecule has 0 saturated heterocycles. The van der Waals surface area contributed by atoms with Crippen LogP contribution in [0, 0.1) is 0 Å². The average molecular weight is 369 g/mol. The lowest BCUT2D eigenvalue weighted by Gasteiger charge is -2.19. The first-order valence-electron chi connectivity index (χ1n) is 8.36. The third-order valence-electron chi connectivity index (χ3n) is 3.70. The van der Waals surface area contributed by atoms with Crippen molar-refractivity contribution in [2.75, 3.05) is 30.4 Å². The van der Waals surface area contributed by atoms with Gasteiger partial charge in [-0.05, 0) is 36.4 Å². The Bertz CT molecular complexity index is 864. The van der Waals surface area contributed by atoms with Crippen LogP contribution in [0.15, 0.2) is 42.5 Å². The minimum Gasteiger partial charge on any atom is -0.486 e. The fourth-order valence-corrected chi connectivity index (χ4v) is 2.50. The Kier molecular flexibility index (Phi) is 5.55. The Labute approximate surface area is 155 Å². The van der Waals surface area contributed by atoms with Gasteiger partial charge >= 0.3 is 0 Å². The lowest BCUT2D eigenvalue weighted by molar-refractivity contribution is -0.115. The lowest BCUT2D eigenvalue weighted by Crippen LogP contribution is -2.32. The third-order valence-corrected chi connectivity index (χ3v) is 3.70. The molecule has 0 aromatic heterocycles. The molecule has 0 unspecified atom stereocenters. The molecular weight excluding hydrogens is 350 g/mol. The molecule has 8 nitrogen and oxygen atoms in total. The number of anilines is 2. The van der Waals surface area contributed by atoms with E-state index in [-0.39, 0.29) is 24.3 Å². The van der Waals surface area contributed by atoms with E-state index in [0.717, 1.165) is 0 Å². The SMILES string of the molecule is CC(=O)Nc1ccc(C(=O)NCC(=O)Nc2ccc3c(c2)OCCO3)cc1. The largest absolute Gasteiger partial charge is 0.486 e. The molecule has 0 fully saturated rings. The number of ether oxygens (including phenoxy) is 2. The van der Waals surface area contributed by atoms with Crippen molar-refractivity contribution >= 4 is 29.1 Å². The number of carbonyl (C=O) groups excluding carboxylic acids is 3. The van der Waals surface area contributed by atoms with Crippen LogP contribution in [0.1, 0.15) is 17.3 Å². The van der Waals surface area contributed by atoms with Crippen molar-refractivity contribution < 1.29 is 23.9 Å². The molecule has 0 atom stereocenters. The number of benzene rings is 2. The third kappa shape index (κ3) is 4.97. The van der Waals surface area contributed by atoms with Gasteiger partial charge in [0.25, 0.3) is 5.91 Å². The van der Waals surface area contributed by atoms with E-state index in [1.807, 2.05) is 0 Å². The van der Waals surface area contributed by atoms with Crippen LogP contribution in [0.2, 0.25) is 0 Å². The molecule has 0 saturated carbocycles. The van der Waals surface area contributed by atoms with Crippen molar-refractivity contribution in [2.24, 2.45) is 0 Å². The summed E-state index contributed by atoms with van der Waals surface area (Å²) in [7, 11) is 0. The van der Waals surface area contributed by atoms with E-state index in [9.17, 15) is 14.4 Å². The van der Waals surface area contributed by atoms with Crippen molar-refractivity contribution in [3.63, 3.8) is 0 Å². The van der Waals surface area contributed by atoms with E-state index < -0.39 is 0 Å². The van der Waals surface area contributed by atoms with Crippen LogP contribution in [0.3, 0.4) is 0 Å². The zero-order valence-corrected chi connectivity index (χ0v) is 14.7. The summed E-state index contributed by atoms with van der Waals surface area (Å²) in [5, 5.41) is 7.86. The number of rotatable bonds is 5. The maximum absolute atomic E-state index is 12.1. The first-order chi connectivity index (χ1) is 13.0. The average Bonchev–Trinajstić information content (AvgIpc) is 2.66. The molecule has 0 spiro atoms. The van der Waals surface area contributed by atoms with Gasteiger partial charge in [0.2, 0.25) is 11.8 Å². The second-order valence-electron chi connectivity index (χ2n) is 5.85. The Morgan fingerprint density at radius 3 is 2.26 bits per heavy atom. The van der Waals surface area contributed by atoms with Gasteiger partial charge in [-0.2, -0.15) is 0 Å². The second-order valence-corrected chi connectivity index (χ2v) is 5.85. The standard InChI is InChI=1S/C19H19N3O5/c1-12(23)21-14-4-2-13(3-5-14)19(25)20-11-18(24)22-15-6-7-16-17(10-15)27-9-8-26-16/h2-7,10H,8-9,11H2,1H3,(H,20,25)(H,21,23)(H,22,24). The van der Waals surface area contributed by atoms with Gasteiger partial charge in [-0.25, -0.2) is 0 Å². The van der Waals surface area contributed by atoms with E-state index in [4.69, 9.17) is 9.47 Å². The van der Waals surface area contributed by atoms with Gasteiger partial charge in [0.1, 0.15) is 13.2 Å². The van der Waals surface area contributed by atoms with E-state index in [1.165, 1.54) is 6.92 Å². The molecule has 3 N–H and O–H groups in total. The summed E-state index contributed by atoms with van der Waals surface area (Å²) < 4.78 is 10.9. The quantitative estimate of drug-likeness (QED) is 0.745. The van der Waals surface area contributed by atoms with Crippen molar-refractivity contribution in [1.82, 2.24) is 5.32 Å². The highest BCUT2D eigenvalue weighted by molar-refractivity contribution is 5.99. The first kappa shape index (κ1) is 18.2. The summed E-state index contributed by atoms with van der Waals surface area (Å²) >= 11 is 0. The first-order valence-corrected chi connectivity index (χ1v) is 8.36. The van der Waals surface area contributed by atoms with Crippen LogP contribution in [-0.4, -0.2) is 37.5 Å². The smallest absolute Gasteiger partial charge is 0.251 e. The highest BCUT2D eigenvalue weighted by Crippen LogP contribution is 2.32. The molecule has 0 aliphatic carbocycles. The van der Waals surface area contributed by atoms with Crippen LogP contribution < -0.4 is 25.4 Å². The summed E-state index contributed by atoms with van der Waals surface area (Å²) in [4.78, 5) is 35.1. The molecule has 1 aliphatic rings. The van der Waals surface area contributed by atoms with Gasteiger partial charge in [0.15, 0.2) is 11.5 Å². The summed E-state index contributed by atoms with van der Waals surface area (Å²) in [5.74, 6) is 0.261. The molecule has 3 rings (SSSR count). The highest BCUT2D eigenvalue weighted by atomic mass is 16.6. The monoisotopic (exact) mass is 369 g/mol. The van der Waals surface area contributed by atoms with Crippen LogP contribution in [-0.2, 0) is 9.59 Å². The second kappa shape index (κ2) is 8.22. The lowest BCUT2D eigenvalue weighted by atomic mass is 10.2. The van der Waals surface area contributed by atoms with E-state index >= 15 is 0 Å². The number of hydrogen-bond acceptors (Lipinski definition) is 5. The van der Waals surface area contributed by atoms with Gasteiger partial charge in [0.05, 0.1) is 6.54 Å². The summed E-state index contributed by atoms with van der Waals surface area (Å²) in [5.41, 5.74) is 1.53. The van der Waals surface area contributed by atoms with Crippen LogP contribution >= 0.6 is 0 Å². The Morgan fingerprint density at radius 2 is 1.56 bits per heavy atom. The zero-order chi connectivity index (χ0) is 19.2. The predicted octanol–water partition coefficient (Wildman–Crippen LogP) is 1.78. The number of carbonyl (C=O) groups is 3. The van der Waals surface area contributed by atoms with Gasteiger partial charge in [0, 0.05) is 29.9 Å². The van der Waals surface area contributed by atoms with Gasteiger partial charge in [-0.15, -0.1) is 0 Å².